The highest BCUT2D eigenvalue weighted by molar-refractivity contribution is 6.17. The second-order valence-electron chi connectivity index (χ2n) is 1.47. The normalized spacial score (nSPS) is 10.6. The van der Waals surface area contributed by atoms with E-state index in [-0.39, 0.29) is 0 Å². The minimum Gasteiger partial charge on any atom is -0.476 e. The number of rotatable bonds is 4. The summed E-state index contributed by atoms with van der Waals surface area (Å²) in [5.41, 5.74) is 0. The molecule has 5 heteroatoms. The quantitative estimate of drug-likeness (QED) is 0.298. The Morgan fingerprint density at radius 3 is 3.00 bits per heavy atom. The van der Waals surface area contributed by atoms with E-state index in [0.29, 0.717) is 18.9 Å². The summed E-state index contributed by atoms with van der Waals surface area (Å²) in [7, 11) is 0. The van der Waals surface area contributed by atoms with Gasteiger partial charge in [0.05, 0.1) is 6.61 Å². The molecule has 56 valence electrons. The van der Waals surface area contributed by atoms with Crippen LogP contribution in [0.15, 0.2) is 12.1 Å². The van der Waals surface area contributed by atoms with E-state index in [4.69, 9.17) is 22.1 Å². The molecule has 0 aromatic heterocycles. The van der Waals surface area contributed by atoms with Crippen LogP contribution < -0.4 is 0 Å². The monoisotopic (exact) mass is 163 g/mol. The van der Waals surface area contributed by atoms with Crippen LogP contribution in [0.3, 0.4) is 0 Å². The van der Waals surface area contributed by atoms with Gasteiger partial charge in [-0.1, -0.05) is 0 Å². The van der Waals surface area contributed by atoms with Gasteiger partial charge in [0.1, 0.15) is 0 Å². The Balaban J connectivity index is 3.32. The van der Waals surface area contributed by atoms with Crippen LogP contribution in [0.25, 0.3) is 4.98 Å². The molecule has 0 aliphatic heterocycles. The number of diazo groups is 1. The minimum absolute atomic E-state index is 0.321. The zero-order valence-electron chi connectivity index (χ0n) is 5.33. The predicted octanol–water partition coefficient (Wildman–Crippen LogP) is 1.84. The number of alkyl halides is 1. The lowest BCUT2D eigenvalue weighted by Crippen LogP contribution is -1.93. The van der Waals surface area contributed by atoms with E-state index in [1.807, 2.05) is 0 Å². The highest BCUT2D eigenvalue weighted by atomic mass is 35.5. The summed E-state index contributed by atoms with van der Waals surface area (Å²) >= 11 is 5.31. The first-order valence-electron chi connectivity index (χ1n) is 2.73. The topological polar surface area (TPSA) is 57.6 Å². The third kappa shape index (κ3) is 5.19. The Morgan fingerprint density at radius 1 is 1.80 bits per heavy atom. The molecule has 0 radical (unpaired) electrons. The average molecular weight is 164 g/mol. The van der Waals surface area contributed by atoms with Gasteiger partial charge in [0.25, 0.3) is 0 Å². The molecule has 0 aliphatic rings. The molecule has 0 atom stereocenters. The summed E-state index contributed by atoms with van der Waals surface area (Å²) in [6.45, 7) is 0.321. The van der Waals surface area contributed by atoms with Crippen LogP contribution in [0.4, 0.5) is 0 Å². The number of ether oxygens (including phenoxy) is 1. The van der Waals surface area contributed by atoms with Crippen molar-refractivity contribution in [2.45, 2.75) is 6.42 Å². The fraction of sp³-hybridized carbons (Fsp3) is 0.600. The summed E-state index contributed by atoms with van der Waals surface area (Å²) in [5, 5.41) is 16.5. The molecule has 0 amide bonds. The van der Waals surface area contributed by atoms with Gasteiger partial charge in [-0.2, -0.15) is 0 Å². The lowest BCUT2D eigenvalue weighted by atomic mass is 10.5. The maximum absolute atomic E-state index is 8.62. The Kier molecular flexibility index (Phi) is 5.59. The van der Waals surface area contributed by atoms with E-state index in [1.165, 1.54) is 0 Å². The number of halogens is 1. The van der Waals surface area contributed by atoms with Crippen molar-refractivity contribution in [3.63, 3.8) is 0 Å². The molecule has 0 saturated carbocycles. The Bertz CT molecular complexity index is 152. The Labute approximate surface area is 63.7 Å². The molecule has 0 fully saturated rings. The summed E-state index contributed by atoms with van der Waals surface area (Å²) in [4.78, 5) is 2.54. The zero-order valence-corrected chi connectivity index (χ0v) is 6.08. The first-order valence-corrected chi connectivity index (χ1v) is 3.27. The second-order valence-corrected chi connectivity index (χ2v) is 1.85. The smallest absolute Gasteiger partial charge is 0.429 e. The average Bonchev–Trinajstić information content (AvgIpc) is 1.89. The van der Waals surface area contributed by atoms with Crippen molar-refractivity contribution in [1.82, 2.24) is 0 Å². The summed E-state index contributed by atoms with van der Waals surface area (Å²) in [6, 6.07) is 0. The van der Waals surface area contributed by atoms with Gasteiger partial charge in [-0.05, 0) is 6.42 Å². The van der Waals surface area contributed by atoms with E-state index in [9.17, 15) is 0 Å². The van der Waals surface area contributed by atoms with Crippen molar-refractivity contribution in [1.29, 1.82) is 5.39 Å². The lowest BCUT2D eigenvalue weighted by Gasteiger charge is -1.96. The molecule has 0 spiro atoms. The first-order chi connectivity index (χ1) is 4.81. The molecule has 0 aromatic rings. The minimum atomic E-state index is -0.410. The highest BCUT2D eigenvalue weighted by Crippen LogP contribution is 1.94. The first kappa shape index (κ1) is 9.05. The predicted molar refractivity (Wildman–Crippen MR) is 37.1 cm³/mol. The van der Waals surface area contributed by atoms with E-state index >= 15 is 0 Å². The maximum Gasteiger partial charge on any atom is 0.429 e. The molecule has 0 bridgehead atoms. The van der Waals surface area contributed by atoms with Crippen LogP contribution in [-0.2, 0) is 4.74 Å². The third-order valence-electron chi connectivity index (χ3n) is 0.696. The molecular weight excluding hydrogens is 156 g/mol. The van der Waals surface area contributed by atoms with E-state index in [0.717, 1.165) is 6.20 Å². The number of aliphatic hydroxyl groups excluding tert-OH is 1. The van der Waals surface area contributed by atoms with Gasteiger partial charge in [0.15, 0.2) is 4.98 Å². The standard InChI is InChI=1S/C5H7ClN2O2/c6-2-1-3-10-5(9)4-8-7/h4H,1-3H2/p+1/b5-4+. The van der Waals surface area contributed by atoms with Crippen LogP contribution in [0.2, 0.25) is 0 Å². The largest absolute Gasteiger partial charge is 0.476 e. The molecule has 1 N–H and O–H groups in total. The van der Waals surface area contributed by atoms with Gasteiger partial charge in [0, 0.05) is 5.88 Å². The van der Waals surface area contributed by atoms with Crippen molar-refractivity contribution in [2.75, 3.05) is 12.5 Å². The molecular formula is C5H8ClN2O2+. The number of hydrogen-bond acceptors (Lipinski definition) is 3. The van der Waals surface area contributed by atoms with Gasteiger partial charge >= 0.3 is 12.1 Å². The van der Waals surface area contributed by atoms with Crippen molar-refractivity contribution in [2.24, 2.45) is 0 Å². The van der Waals surface area contributed by atoms with Crippen LogP contribution in [0.1, 0.15) is 6.42 Å². The van der Waals surface area contributed by atoms with E-state index < -0.39 is 5.95 Å². The molecule has 0 saturated heterocycles. The van der Waals surface area contributed by atoms with Crippen molar-refractivity contribution >= 4 is 11.6 Å². The van der Waals surface area contributed by atoms with Crippen LogP contribution in [0, 0.1) is 5.39 Å². The van der Waals surface area contributed by atoms with Crippen LogP contribution in [-0.4, -0.2) is 17.6 Å². The van der Waals surface area contributed by atoms with Crippen molar-refractivity contribution in [3.05, 3.63) is 17.1 Å². The summed E-state index contributed by atoms with van der Waals surface area (Å²) in [6.07, 6.45) is 1.44. The summed E-state index contributed by atoms with van der Waals surface area (Å²) < 4.78 is 4.60. The third-order valence-corrected chi connectivity index (χ3v) is 0.963. The van der Waals surface area contributed by atoms with Gasteiger partial charge in [-0.25, -0.2) is 0 Å². The van der Waals surface area contributed by atoms with E-state index in [1.54, 1.807) is 0 Å². The van der Waals surface area contributed by atoms with Crippen molar-refractivity contribution in [3.8, 4) is 0 Å². The molecule has 0 aromatic carbocycles. The molecule has 0 unspecified atom stereocenters. The molecule has 0 aliphatic carbocycles. The Morgan fingerprint density at radius 2 is 2.50 bits per heavy atom. The lowest BCUT2D eigenvalue weighted by molar-refractivity contribution is 0.0941. The number of nitrogens with zero attached hydrogens (tertiary/aromatic N) is 2. The summed E-state index contributed by atoms with van der Waals surface area (Å²) in [5.74, 6) is 0.0661. The molecule has 10 heavy (non-hydrogen) atoms. The van der Waals surface area contributed by atoms with Crippen LogP contribution >= 0.6 is 11.6 Å². The fourth-order valence-electron chi connectivity index (χ4n) is 0.318. The molecule has 0 rings (SSSR count). The van der Waals surface area contributed by atoms with Gasteiger partial charge in [0.2, 0.25) is 5.39 Å². The van der Waals surface area contributed by atoms with Crippen molar-refractivity contribution < 1.29 is 9.84 Å². The van der Waals surface area contributed by atoms with Gasteiger partial charge < -0.3 is 9.84 Å². The van der Waals surface area contributed by atoms with Gasteiger partial charge in [-0.3, -0.25) is 0 Å². The SMILES string of the molecule is N#[N+]/C=C(\O)OCCCCl. The van der Waals surface area contributed by atoms with Gasteiger partial charge in [-0.15, -0.1) is 11.6 Å². The highest BCUT2D eigenvalue weighted by Gasteiger charge is 1.98. The maximum atomic E-state index is 8.62. The Hall–Kier alpha value is -0.950. The van der Waals surface area contributed by atoms with Crippen LogP contribution in [0.5, 0.6) is 0 Å². The zero-order chi connectivity index (χ0) is 7.82. The number of aliphatic hydroxyl groups is 1. The molecule has 0 heterocycles. The van der Waals surface area contributed by atoms with E-state index in [2.05, 4.69) is 9.71 Å². The number of hydrogen-bond donors (Lipinski definition) is 1. The fourth-order valence-corrected chi connectivity index (χ4v) is 0.427. The second kappa shape index (κ2) is 6.17. The molecule has 4 nitrogen and oxygen atoms in total.